The third-order valence-electron chi connectivity index (χ3n) is 2.34. The van der Waals surface area contributed by atoms with Crippen molar-refractivity contribution in [1.29, 1.82) is 0 Å². The van der Waals surface area contributed by atoms with Crippen LogP contribution in [0.15, 0.2) is 24.3 Å². The Hall–Kier alpha value is -1.61. The third kappa shape index (κ3) is 4.04. The number of carboxylic acids is 1. The van der Waals surface area contributed by atoms with Gasteiger partial charge < -0.3 is 5.11 Å². The normalized spacial score (nSPS) is 10.7. The van der Waals surface area contributed by atoms with Gasteiger partial charge in [0.05, 0.1) is 5.88 Å². The van der Waals surface area contributed by atoms with Crippen LogP contribution >= 0.6 is 11.6 Å². The SMILES string of the molecule is Cc1cccc(CC(=O)CCl)c1/C=C/C(=O)O. The first-order valence-corrected chi connectivity index (χ1v) is 5.65. The molecule has 0 aliphatic rings. The molecule has 0 atom stereocenters. The van der Waals surface area contributed by atoms with E-state index in [9.17, 15) is 9.59 Å². The van der Waals surface area contributed by atoms with Crippen molar-refractivity contribution in [2.75, 3.05) is 5.88 Å². The van der Waals surface area contributed by atoms with Gasteiger partial charge in [0.1, 0.15) is 0 Å². The summed E-state index contributed by atoms with van der Waals surface area (Å²) in [5, 5.41) is 8.61. The van der Waals surface area contributed by atoms with E-state index in [0.717, 1.165) is 22.8 Å². The highest BCUT2D eigenvalue weighted by Crippen LogP contribution is 2.17. The van der Waals surface area contributed by atoms with Gasteiger partial charge in [-0.1, -0.05) is 18.2 Å². The molecule has 4 heteroatoms. The number of aryl methyl sites for hydroxylation is 1. The van der Waals surface area contributed by atoms with Crippen molar-refractivity contribution in [2.24, 2.45) is 0 Å². The predicted octanol–water partition coefficient (Wildman–Crippen LogP) is 2.44. The minimum Gasteiger partial charge on any atom is -0.478 e. The van der Waals surface area contributed by atoms with Gasteiger partial charge in [0.15, 0.2) is 5.78 Å². The van der Waals surface area contributed by atoms with Crippen molar-refractivity contribution in [3.8, 4) is 0 Å². The highest BCUT2D eigenvalue weighted by Gasteiger charge is 2.07. The molecule has 0 amide bonds. The Morgan fingerprint density at radius 3 is 2.71 bits per heavy atom. The Labute approximate surface area is 105 Å². The number of halogens is 1. The fourth-order valence-electron chi connectivity index (χ4n) is 1.55. The van der Waals surface area contributed by atoms with Crippen LogP contribution < -0.4 is 0 Å². The summed E-state index contributed by atoms with van der Waals surface area (Å²) in [5.74, 6) is -1.12. The lowest BCUT2D eigenvalue weighted by Gasteiger charge is -2.07. The summed E-state index contributed by atoms with van der Waals surface area (Å²) < 4.78 is 0. The van der Waals surface area contributed by atoms with Gasteiger partial charge in [-0.2, -0.15) is 0 Å². The molecule has 0 heterocycles. The number of rotatable bonds is 5. The van der Waals surface area contributed by atoms with Crippen LogP contribution in [0.4, 0.5) is 0 Å². The summed E-state index contributed by atoms with van der Waals surface area (Å²) >= 11 is 5.46. The van der Waals surface area contributed by atoms with Gasteiger partial charge in [-0.15, -0.1) is 11.6 Å². The first-order chi connectivity index (χ1) is 8.04. The van der Waals surface area contributed by atoms with Crippen LogP contribution in [-0.4, -0.2) is 22.7 Å². The van der Waals surface area contributed by atoms with E-state index in [2.05, 4.69) is 0 Å². The smallest absolute Gasteiger partial charge is 0.328 e. The maximum atomic E-state index is 11.3. The number of hydrogen-bond acceptors (Lipinski definition) is 2. The number of Topliss-reactive ketones (excluding diaryl/α,β-unsaturated/α-hetero) is 1. The molecule has 0 aliphatic carbocycles. The zero-order valence-corrected chi connectivity index (χ0v) is 10.2. The largest absolute Gasteiger partial charge is 0.478 e. The molecule has 1 N–H and O–H groups in total. The highest BCUT2D eigenvalue weighted by atomic mass is 35.5. The number of alkyl halides is 1. The average molecular weight is 253 g/mol. The van der Waals surface area contributed by atoms with Crippen molar-refractivity contribution >= 4 is 29.4 Å². The molecule has 17 heavy (non-hydrogen) atoms. The molecule has 1 aromatic carbocycles. The van der Waals surface area contributed by atoms with Crippen LogP contribution in [0, 0.1) is 6.92 Å². The Morgan fingerprint density at radius 2 is 2.12 bits per heavy atom. The molecule has 0 bridgehead atoms. The van der Waals surface area contributed by atoms with Crippen LogP contribution in [0.3, 0.4) is 0 Å². The number of ketones is 1. The Balaban J connectivity index is 3.08. The number of hydrogen-bond donors (Lipinski definition) is 1. The summed E-state index contributed by atoms with van der Waals surface area (Å²) in [7, 11) is 0. The molecule has 0 aliphatic heterocycles. The van der Waals surface area contributed by atoms with Crippen molar-refractivity contribution < 1.29 is 14.7 Å². The maximum Gasteiger partial charge on any atom is 0.328 e. The molecule has 0 spiro atoms. The molecule has 1 rings (SSSR count). The van der Waals surface area contributed by atoms with Crippen LogP contribution in [0.1, 0.15) is 16.7 Å². The van der Waals surface area contributed by atoms with Crippen LogP contribution in [0.2, 0.25) is 0 Å². The van der Waals surface area contributed by atoms with E-state index < -0.39 is 5.97 Å². The second-order valence-electron chi connectivity index (χ2n) is 3.67. The van der Waals surface area contributed by atoms with Crippen molar-refractivity contribution in [1.82, 2.24) is 0 Å². The van der Waals surface area contributed by atoms with Gasteiger partial charge in [0.2, 0.25) is 0 Å². The number of carboxylic acid groups (broad SMARTS) is 1. The van der Waals surface area contributed by atoms with Crippen LogP contribution in [-0.2, 0) is 16.0 Å². The van der Waals surface area contributed by atoms with E-state index in [1.165, 1.54) is 6.08 Å². The zero-order valence-electron chi connectivity index (χ0n) is 9.44. The molecule has 3 nitrogen and oxygen atoms in total. The van der Waals surface area contributed by atoms with Crippen molar-refractivity contribution in [3.05, 3.63) is 41.0 Å². The standard InChI is InChI=1S/C13H13ClO3/c1-9-3-2-4-10(7-11(15)8-14)12(9)5-6-13(16)17/h2-6H,7-8H2,1H3,(H,16,17)/b6-5+. The monoisotopic (exact) mass is 252 g/mol. The summed E-state index contributed by atoms with van der Waals surface area (Å²) in [5.41, 5.74) is 2.50. The zero-order chi connectivity index (χ0) is 12.8. The molecule has 0 radical (unpaired) electrons. The summed E-state index contributed by atoms with van der Waals surface area (Å²) in [6.45, 7) is 1.87. The first kappa shape index (κ1) is 13.5. The molecule has 0 aromatic heterocycles. The lowest BCUT2D eigenvalue weighted by Crippen LogP contribution is -2.06. The van der Waals surface area contributed by atoms with E-state index >= 15 is 0 Å². The second-order valence-corrected chi connectivity index (χ2v) is 3.94. The van der Waals surface area contributed by atoms with E-state index in [4.69, 9.17) is 16.7 Å². The van der Waals surface area contributed by atoms with E-state index in [1.54, 1.807) is 6.07 Å². The number of carbonyl (C=O) groups is 2. The number of aliphatic carboxylic acids is 1. The third-order valence-corrected chi connectivity index (χ3v) is 2.64. The van der Waals surface area contributed by atoms with Gasteiger partial charge in [0, 0.05) is 12.5 Å². The predicted molar refractivity (Wildman–Crippen MR) is 67.3 cm³/mol. The Kier molecular flexibility index (Phi) is 4.91. The summed E-state index contributed by atoms with van der Waals surface area (Å²) in [6.07, 6.45) is 2.80. The molecular formula is C13H13ClO3. The van der Waals surface area contributed by atoms with E-state index in [0.29, 0.717) is 0 Å². The van der Waals surface area contributed by atoms with Gasteiger partial charge in [-0.3, -0.25) is 4.79 Å². The molecule has 0 saturated carbocycles. The van der Waals surface area contributed by atoms with Gasteiger partial charge in [0.25, 0.3) is 0 Å². The molecule has 0 fully saturated rings. The first-order valence-electron chi connectivity index (χ1n) is 5.11. The fraction of sp³-hybridized carbons (Fsp3) is 0.231. The van der Waals surface area contributed by atoms with Crippen molar-refractivity contribution in [3.63, 3.8) is 0 Å². The van der Waals surface area contributed by atoms with Gasteiger partial charge in [-0.25, -0.2) is 4.79 Å². The fourth-order valence-corrected chi connectivity index (χ4v) is 1.64. The van der Waals surface area contributed by atoms with Gasteiger partial charge in [-0.05, 0) is 29.7 Å². The number of benzene rings is 1. The molecular weight excluding hydrogens is 240 g/mol. The van der Waals surface area contributed by atoms with E-state index in [1.807, 2.05) is 19.1 Å². The minimum atomic E-state index is -1.01. The summed E-state index contributed by atoms with van der Waals surface area (Å²) in [6, 6.07) is 5.51. The topological polar surface area (TPSA) is 54.4 Å². The van der Waals surface area contributed by atoms with Crippen LogP contribution in [0.25, 0.3) is 6.08 Å². The molecule has 90 valence electrons. The molecule has 0 saturated heterocycles. The molecule has 1 aromatic rings. The average Bonchev–Trinajstić information content (AvgIpc) is 2.27. The quantitative estimate of drug-likeness (QED) is 0.647. The van der Waals surface area contributed by atoms with E-state index in [-0.39, 0.29) is 18.1 Å². The summed E-state index contributed by atoms with van der Waals surface area (Å²) in [4.78, 5) is 21.8. The lowest BCUT2D eigenvalue weighted by molar-refractivity contribution is -0.131. The van der Waals surface area contributed by atoms with Crippen LogP contribution in [0.5, 0.6) is 0 Å². The number of carbonyl (C=O) groups excluding carboxylic acids is 1. The maximum absolute atomic E-state index is 11.3. The molecule has 0 unspecified atom stereocenters. The Bertz CT molecular complexity index is 464. The highest BCUT2D eigenvalue weighted by molar-refractivity contribution is 6.27. The Morgan fingerprint density at radius 1 is 1.41 bits per heavy atom. The second kappa shape index (κ2) is 6.21. The van der Waals surface area contributed by atoms with Crippen molar-refractivity contribution in [2.45, 2.75) is 13.3 Å². The minimum absolute atomic E-state index is 0.0317. The van der Waals surface area contributed by atoms with Gasteiger partial charge >= 0.3 is 5.97 Å². The lowest BCUT2D eigenvalue weighted by atomic mass is 9.98.